The first-order valence-electron chi connectivity index (χ1n) is 5.29. The smallest absolute Gasteiger partial charge is 0.229 e. The third-order valence-electron chi connectivity index (χ3n) is 2.40. The van der Waals surface area contributed by atoms with Crippen molar-refractivity contribution in [2.45, 2.75) is 52.2 Å². The summed E-state index contributed by atoms with van der Waals surface area (Å²) in [6.45, 7) is 12.5. The highest BCUT2D eigenvalue weighted by molar-refractivity contribution is 7.40. The Morgan fingerprint density at radius 2 is 1.86 bits per heavy atom. The first-order chi connectivity index (χ1) is 6.29. The second-order valence-electron chi connectivity index (χ2n) is 4.88. The molecule has 2 unspecified atom stereocenters. The van der Waals surface area contributed by atoms with Crippen molar-refractivity contribution in [3.05, 3.63) is 0 Å². The molecule has 2 atom stereocenters. The summed E-state index contributed by atoms with van der Waals surface area (Å²) >= 11 is 0. The Hall–Kier alpha value is -0.100. The molecule has 3 heteroatoms. The molecular weight excluding hydrogens is 193 g/mol. The van der Waals surface area contributed by atoms with Crippen LogP contribution in [-0.4, -0.2) is 23.8 Å². The van der Waals surface area contributed by atoms with E-state index < -0.39 is 0 Å². The summed E-state index contributed by atoms with van der Waals surface area (Å²) in [5.41, 5.74) is 0. The highest BCUT2D eigenvalue weighted by Gasteiger charge is 2.26. The molecule has 1 amide bonds. The summed E-state index contributed by atoms with van der Waals surface area (Å²) in [4.78, 5) is 11.8. The molecule has 0 aromatic rings. The van der Waals surface area contributed by atoms with Crippen LogP contribution in [0.25, 0.3) is 0 Å². The largest absolute Gasteiger partial charge is 0.353 e. The Balaban J connectivity index is 4.06. The van der Waals surface area contributed by atoms with Crippen LogP contribution >= 0.6 is 8.58 Å². The molecule has 0 saturated carbocycles. The van der Waals surface area contributed by atoms with Crippen molar-refractivity contribution in [3.8, 4) is 0 Å². The van der Waals surface area contributed by atoms with Gasteiger partial charge in [-0.25, -0.2) is 0 Å². The molecule has 84 valence electrons. The lowest BCUT2D eigenvalue weighted by Crippen LogP contribution is -2.43. The molecule has 0 saturated heterocycles. The first-order valence-corrected chi connectivity index (χ1v) is 6.79. The van der Waals surface area contributed by atoms with Crippen molar-refractivity contribution >= 4 is 14.5 Å². The highest BCUT2D eigenvalue weighted by atomic mass is 31.1. The molecule has 0 aliphatic heterocycles. The summed E-state index contributed by atoms with van der Waals surface area (Å²) in [6.07, 6.45) is 1.05. The number of rotatable bonds is 5. The van der Waals surface area contributed by atoms with E-state index in [1.54, 1.807) is 0 Å². The number of carbonyl (C=O) groups is 1. The van der Waals surface area contributed by atoms with E-state index in [9.17, 15) is 4.79 Å². The minimum Gasteiger partial charge on any atom is -0.353 e. The van der Waals surface area contributed by atoms with Crippen LogP contribution in [0.1, 0.15) is 41.0 Å². The zero-order chi connectivity index (χ0) is 11.4. The fourth-order valence-corrected chi connectivity index (χ4v) is 1.58. The molecular formula is C11H24NOP. The molecule has 0 heterocycles. The fourth-order valence-electron chi connectivity index (χ4n) is 1.28. The third kappa shape index (κ3) is 4.95. The number of hydrogen-bond acceptors (Lipinski definition) is 1. The Morgan fingerprint density at radius 1 is 1.36 bits per heavy atom. The monoisotopic (exact) mass is 217 g/mol. The normalized spacial score (nSPS) is 15.1. The van der Waals surface area contributed by atoms with Crippen LogP contribution in [0.15, 0.2) is 0 Å². The van der Waals surface area contributed by atoms with E-state index in [4.69, 9.17) is 0 Å². The molecule has 0 aromatic carbocycles. The molecule has 14 heavy (non-hydrogen) atoms. The highest BCUT2D eigenvalue weighted by Crippen LogP contribution is 2.27. The Labute approximate surface area is 90.0 Å². The lowest BCUT2D eigenvalue weighted by molar-refractivity contribution is -0.123. The summed E-state index contributed by atoms with van der Waals surface area (Å²) in [6, 6.07) is 0.290. The minimum atomic E-state index is -0.203. The SMILES string of the molecule is CPC(C)(C)C(=O)NC(C)CC(C)C. The lowest BCUT2D eigenvalue weighted by Gasteiger charge is -2.25. The van der Waals surface area contributed by atoms with Crippen LogP contribution in [0, 0.1) is 5.92 Å². The zero-order valence-corrected chi connectivity index (χ0v) is 11.3. The quantitative estimate of drug-likeness (QED) is 0.705. The van der Waals surface area contributed by atoms with Crippen molar-refractivity contribution in [1.82, 2.24) is 5.32 Å². The first kappa shape index (κ1) is 13.9. The zero-order valence-electron chi connectivity index (χ0n) is 10.3. The molecule has 0 fully saturated rings. The number of nitrogens with one attached hydrogen (secondary N) is 1. The van der Waals surface area contributed by atoms with Crippen LogP contribution in [0.4, 0.5) is 0 Å². The standard InChI is InChI=1S/C11H24NOP/c1-8(2)7-9(3)12-10(13)11(4,5)14-6/h8-9,14H,7H2,1-6H3,(H,12,13). The van der Waals surface area contributed by atoms with Gasteiger partial charge in [0, 0.05) is 6.04 Å². The molecule has 1 N–H and O–H groups in total. The van der Waals surface area contributed by atoms with Gasteiger partial charge in [-0.3, -0.25) is 4.79 Å². The van der Waals surface area contributed by atoms with Crippen molar-refractivity contribution in [2.75, 3.05) is 6.66 Å². The third-order valence-corrected chi connectivity index (χ3v) is 3.87. The Morgan fingerprint density at radius 3 is 2.21 bits per heavy atom. The van der Waals surface area contributed by atoms with Gasteiger partial charge in [0.05, 0.1) is 5.16 Å². The Bertz CT molecular complexity index is 190. The molecule has 0 rings (SSSR count). The summed E-state index contributed by atoms with van der Waals surface area (Å²) < 4.78 is 0. The van der Waals surface area contributed by atoms with Gasteiger partial charge in [0.15, 0.2) is 0 Å². The van der Waals surface area contributed by atoms with E-state index in [1.165, 1.54) is 0 Å². The molecule has 0 aromatic heterocycles. The molecule has 0 radical (unpaired) electrons. The van der Waals surface area contributed by atoms with Gasteiger partial charge in [-0.1, -0.05) is 13.8 Å². The maximum Gasteiger partial charge on any atom is 0.229 e. The van der Waals surface area contributed by atoms with Crippen LogP contribution in [0.3, 0.4) is 0 Å². The van der Waals surface area contributed by atoms with Gasteiger partial charge in [-0.15, -0.1) is 8.58 Å². The van der Waals surface area contributed by atoms with Gasteiger partial charge in [0.1, 0.15) is 0 Å². The van der Waals surface area contributed by atoms with Gasteiger partial charge in [-0.2, -0.15) is 0 Å². The van der Waals surface area contributed by atoms with E-state index in [-0.39, 0.29) is 17.1 Å². The molecule has 0 aliphatic carbocycles. The second-order valence-corrected chi connectivity index (χ2v) is 6.63. The molecule has 0 spiro atoms. The molecule has 0 aliphatic rings. The average molecular weight is 217 g/mol. The van der Waals surface area contributed by atoms with Crippen molar-refractivity contribution < 1.29 is 4.79 Å². The van der Waals surface area contributed by atoms with Crippen molar-refractivity contribution in [3.63, 3.8) is 0 Å². The number of amides is 1. The predicted octanol–water partition coefficient (Wildman–Crippen LogP) is 2.62. The van der Waals surface area contributed by atoms with Crippen LogP contribution in [0.5, 0.6) is 0 Å². The van der Waals surface area contributed by atoms with E-state index in [1.807, 2.05) is 13.8 Å². The summed E-state index contributed by atoms with van der Waals surface area (Å²) in [5.74, 6) is 0.823. The summed E-state index contributed by atoms with van der Waals surface area (Å²) in [7, 11) is 0.648. The minimum absolute atomic E-state index is 0.187. The number of carbonyl (C=O) groups excluding carboxylic acids is 1. The van der Waals surface area contributed by atoms with Crippen LogP contribution in [0.2, 0.25) is 0 Å². The van der Waals surface area contributed by atoms with Gasteiger partial charge < -0.3 is 5.32 Å². The average Bonchev–Trinajstić information content (AvgIpc) is 2.02. The Kier molecular flexibility index (Phi) is 5.66. The molecule has 0 bridgehead atoms. The van der Waals surface area contributed by atoms with Gasteiger partial charge in [-0.05, 0) is 39.8 Å². The topological polar surface area (TPSA) is 29.1 Å². The van der Waals surface area contributed by atoms with Crippen LogP contribution in [-0.2, 0) is 4.79 Å². The van der Waals surface area contributed by atoms with E-state index >= 15 is 0 Å². The van der Waals surface area contributed by atoms with Gasteiger partial charge in [0.25, 0.3) is 0 Å². The predicted molar refractivity (Wildman–Crippen MR) is 65.4 cm³/mol. The lowest BCUT2D eigenvalue weighted by atomic mass is 10.0. The van der Waals surface area contributed by atoms with Gasteiger partial charge >= 0.3 is 0 Å². The van der Waals surface area contributed by atoms with Crippen molar-refractivity contribution in [1.29, 1.82) is 0 Å². The maximum atomic E-state index is 11.8. The second kappa shape index (κ2) is 5.70. The van der Waals surface area contributed by atoms with Gasteiger partial charge in [0.2, 0.25) is 5.91 Å². The van der Waals surface area contributed by atoms with E-state index in [0.29, 0.717) is 14.5 Å². The fraction of sp³-hybridized carbons (Fsp3) is 0.909. The maximum absolute atomic E-state index is 11.8. The van der Waals surface area contributed by atoms with Crippen molar-refractivity contribution in [2.24, 2.45) is 5.92 Å². The molecule has 2 nitrogen and oxygen atoms in total. The van der Waals surface area contributed by atoms with E-state index in [2.05, 4.69) is 32.8 Å². The van der Waals surface area contributed by atoms with E-state index in [0.717, 1.165) is 6.42 Å². The van der Waals surface area contributed by atoms with Crippen LogP contribution < -0.4 is 5.32 Å². The summed E-state index contributed by atoms with van der Waals surface area (Å²) in [5, 5.41) is 2.87. The number of hydrogen-bond donors (Lipinski definition) is 1.